The van der Waals surface area contributed by atoms with Crippen LogP contribution in [-0.2, 0) is 4.79 Å². The van der Waals surface area contributed by atoms with E-state index in [1.54, 1.807) is 0 Å². The van der Waals surface area contributed by atoms with Crippen LogP contribution in [-0.4, -0.2) is 10.9 Å². The fourth-order valence-corrected chi connectivity index (χ4v) is 3.83. The smallest absolute Gasteiger partial charge is 0.230 e. The van der Waals surface area contributed by atoms with Gasteiger partial charge in [0.15, 0.2) is 0 Å². The molecule has 2 aromatic rings. The van der Waals surface area contributed by atoms with E-state index in [-0.39, 0.29) is 11.3 Å². The van der Waals surface area contributed by atoms with E-state index in [2.05, 4.69) is 24.1 Å². The Balaban J connectivity index is 1.91. The van der Waals surface area contributed by atoms with Gasteiger partial charge < -0.3 is 5.32 Å². The number of hydrogen-bond acceptors (Lipinski definition) is 2. The Hall–Kier alpha value is -1.90. The first-order valence-corrected chi connectivity index (χ1v) is 8.71. The zero-order chi connectivity index (χ0) is 16.4. The van der Waals surface area contributed by atoms with Gasteiger partial charge in [-0.1, -0.05) is 51.3 Å². The number of anilines is 1. The van der Waals surface area contributed by atoms with Gasteiger partial charge in [-0.3, -0.25) is 9.78 Å². The molecule has 0 spiro atoms. The van der Waals surface area contributed by atoms with Crippen molar-refractivity contribution in [3.63, 3.8) is 0 Å². The molecule has 0 unspecified atom stereocenters. The highest BCUT2D eigenvalue weighted by atomic mass is 16.2. The van der Waals surface area contributed by atoms with E-state index in [1.807, 2.05) is 37.3 Å². The molecular formula is C20H26N2O. The van der Waals surface area contributed by atoms with Crippen LogP contribution in [0.3, 0.4) is 0 Å². The second-order valence-corrected chi connectivity index (χ2v) is 7.14. The summed E-state index contributed by atoms with van der Waals surface area (Å²) in [5, 5.41) is 4.26. The van der Waals surface area contributed by atoms with Crippen molar-refractivity contribution in [3.8, 4) is 0 Å². The number of fused-ring (bicyclic) bond motifs is 1. The number of para-hydroxylation sites is 1. The molecule has 1 aromatic carbocycles. The number of carbonyl (C=O) groups excluding carboxylic acids is 1. The summed E-state index contributed by atoms with van der Waals surface area (Å²) in [5.74, 6) is 0.531. The highest BCUT2D eigenvalue weighted by Crippen LogP contribution is 2.43. The molecule has 1 aliphatic rings. The number of carbonyl (C=O) groups is 1. The SMILES string of the molecule is Cc1nc2ccccc2cc1NC(=O)C1(C(C)C)CCCCC1. The van der Waals surface area contributed by atoms with Crippen molar-refractivity contribution < 1.29 is 4.79 Å². The molecule has 1 aromatic heterocycles. The molecule has 3 nitrogen and oxygen atoms in total. The summed E-state index contributed by atoms with van der Waals surface area (Å²) >= 11 is 0. The number of amides is 1. The third kappa shape index (κ3) is 2.97. The summed E-state index contributed by atoms with van der Waals surface area (Å²) < 4.78 is 0. The number of hydrogen-bond donors (Lipinski definition) is 1. The maximum atomic E-state index is 13.1. The average Bonchev–Trinajstić information content (AvgIpc) is 2.56. The van der Waals surface area contributed by atoms with Gasteiger partial charge in [0.1, 0.15) is 0 Å². The van der Waals surface area contributed by atoms with Crippen molar-refractivity contribution >= 4 is 22.5 Å². The Kier molecular flexibility index (Phi) is 4.38. The summed E-state index contributed by atoms with van der Waals surface area (Å²) in [5.41, 5.74) is 2.47. The van der Waals surface area contributed by atoms with E-state index in [1.165, 1.54) is 6.42 Å². The lowest BCUT2D eigenvalue weighted by Crippen LogP contribution is -2.42. The molecule has 0 radical (unpaired) electrons. The van der Waals surface area contributed by atoms with Gasteiger partial charge in [0.2, 0.25) is 5.91 Å². The first-order valence-electron chi connectivity index (χ1n) is 8.71. The van der Waals surface area contributed by atoms with Gasteiger partial charge in [-0.05, 0) is 37.8 Å². The first-order chi connectivity index (χ1) is 11.0. The zero-order valence-corrected chi connectivity index (χ0v) is 14.4. The van der Waals surface area contributed by atoms with Crippen LogP contribution in [0.1, 0.15) is 51.6 Å². The molecule has 0 saturated heterocycles. The summed E-state index contributed by atoms with van der Waals surface area (Å²) in [6.45, 7) is 6.32. The summed E-state index contributed by atoms with van der Waals surface area (Å²) in [6, 6.07) is 10.1. The molecule has 1 amide bonds. The third-order valence-corrected chi connectivity index (χ3v) is 5.47. The maximum absolute atomic E-state index is 13.1. The number of pyridine rings is 1. The average molecular weight is 310 g/mol. The van der Waals surface area contributed by atoms with E-state index < -0.39 is 0 Å². The molecule has 0 aliphatic heterocycles. The van der Waals surface area contributed by atoms with Crippen LogP contribution >= 0.6 is 0 Å². The van der Waals surface area contributed by atoms with Crippen molar-refractivity contribution in [1.82, 2.24) is 4.98 Å². The van der Waals surface area contributed by atoms with E-state index in [4.69, 9.17) is 0 Å². The van der Waals surface area contributed by atoms with Crippen molar-refractivity contribution in [3.05, 3.63) is 36.0 Å². The van der Waals surface area contributed by atoms with Gasteiger partial charge in [0.05, 0.1) is 22.3 Å². The van der Waals surface area contributed by atoms with Crippen LogP contribution in [0.5, 0.6) is 0 Å². The molecule has 0 atom stereocenters. The highest BCUT2D eigenvalue weighted by Gasteiger charge is 2.42. The van der Waals surface area contributed by atoms with Crippen LogP contribution in [0.15, 0.2) is 30.3 Å². The molecule has 23 heavy (non-hydrogen) atoms. The number of aromatic nitrogens is 1. The molecule has 1 saturated carbocycles. The van der Waals surface area contributed by atoms with Crippen molar-refractivity contribution in [2.45, 2.75) is 52.9 Å². The third-order valence-electron chi connectivity index (χ3n) is 5.47. The first kappa shape index (κ1) is 16.0. The Morgan fingerprint density at radius 3 is 2.57 bits per heavy atom. The van der Waals surface area contributed by atoms with Crippen LogP contribution in [0, 0.1) is 18.3 Å². The summed E-state index contributed by atoms with van der Waals surface area (Å²) in [7, 11) is 0. The van der Waals surface area contributed by atoms with E-state index in [0.717, 1.165) is 48.0 Å². The van der Waals surface area contributed by atoms with E-state index in [9.17, 15) is 4.79 Å². The number of rotatable bonds is 3. The second kappa shape index (κ2) is 6.31. The fourth-order valence-electron chi connectivity index (χ4n) is 3.83. The predicted octanol–water partition coefficient (Wildman–Crippen LogP) is 5.09. The van der Waals surface area contributed by atoms with Gasteiger partial charge in [0, 0.05) is 5.39 Å². The normalized spacial score (nSPS) is 17.4. The van der Waals surface area contributed by atoms with Gasteiger partial charge in [0.25, 0.3) is 0 Å². The minimum absolute atomic E-state index is 0.174. The van der Waals surface area contributed by atoms with Crippen molar-refractivity contribution in [2.24, 2.45) is 11.3 Å². The van der Waals surface area contributed by atoms with Gasteiger partial charge in [-0.25, -0.2) is 0 Å². The summed E-state index contributed by atoms with van der Waals surface area (Å²) in [4.78, 5) is 17.7. The number of nitrogens with zero attached hydrogens (tertiary/aromatic N) is 1. The van der Waals surface area contributed by atoms with E-state index >= 15 is 0 Å². The minimum atomic E-state index is -0.226. The van der Waals surface area contributed by atoms with Gasteiger partial charge >= 0.3 is 0 Å². The molecule has 1 heterocycles. The number of benzene rings is 1. The second-order valence-electron chi connectivity index (χ2n) is 7.14. The zero-order valence-electron chi connectivity index (χ0n) is 14.4. The Labute approximate surface area is 138 Å². The van der Waals surface area contributed by atoms with Gasteiger partial charge in [-0.2, -0.15) is 0 Å². The standard InChI is InChI=1S/C20H26N2O/c1-14(2)20(11-7-4-8-12-20)19(23)22-18-13-16-9-5-6-10-17(16)21-15(18)3/h5-6,9-10,13-14H,4,7-8,11-12H2,1-3H3,(H,22,23). The number of aryl methyl sites for hydroxylation is 1. The van der Waals surface area contributed by atoms with Crippen LogP contribution in [0.4, 0.5) is 5.69 Å². The van der Waals surface area contributed by atoms with E-state index in [0.29, 0.717) is 5.92 Å². The Morgan fingerprint density at radius 2 is 1.87 bits per heavy atom. The van der Waals surface area contributed by atoms with Crippen molar-refractivity contribution in [1.29, 1.82) is 0 Å². The molecule has 0 bridgehead atoms. The maximum Gasteiger partial charge on any atom is 0.230 e. The highest BCUT2D eigenvalue weighted by molar-refractivity contribution is 5.97. The lowest BCUT2D eigenvalue weighted by Gasteiger charge is -2.39. The van der Waals surface area contributed by atoms with Crippen molar-refractivity contribution in [2.75, 3.05) is 5.32 Å². The van der Waals surface area contributed by atoms with Crippen LogP contribution in [0.25, 0.3) is 10.9 Å². The fraction of sp³-hybridized carbons (Fsp3) is 0.500. The molecule has 1 N–H and O–H groups in total. The molecule has 1 aliphatic carbocycles. The Bertz CT molecular complexity index is 715. The number of nitrogens with one attached hydrogen (secondary N) is 1. The van der Waals surface area contributed by atoms with Crippen LogP contribution in [0.2, 0.25) is 0 Å². The van der Waals surface area contributed by atoms with Crippen LogP contribution < -0.4 is 5.32 Å². The Morgan fingerprint density at radius 1 is 1.17 bits per heavy atom. The van der Waals surface area contributed by atoms with Gasteiger partial charge in [-0.15, -0.1) is 0 Å². The topological polar surface area (TPSA) is 42.0 Å². The lowest BCUT2D eigenvalue weighted by molar-refractivity contribution is -0.130. The molecular weight excluding hydrogens is 284 g/mol. The quantitative estimate of drug-likeness (QED) is 0.858. The molecule has 122 valence electrons. The predicted molar refractivity (Wildman–Crippen MR) is 95.5 cm³/mol. The monoisotopic (exact) mass is 310 g/mol. The lowest BCUT2D eigenvalue weighted by atomic mass is 9.66. The molecule has 3 heteroatoms. The summed E-state index contributed by atoms with van der Waals surface area (Å²) in [6.07, 6.45) is 5.55. The molecule has 3 rings (SSSR count). The minimum Gasteiger partial charge on any atom is -0.324 e. The largest absolute Gasteiger partial charge is 0.324 e. The molecule has 1 fully saturated rings.